The molecule has 1 radical (unpaired) electrons. The number of amides is 1. The molecule has 1 aromatic carbocycles. The zero-order valence-corrected chi connectivity index (χ0v) is 11.7. The lowest BCUT2D eigenvalue weighted by molar-refractivity contribution is -0.119. The summed E-state index contributed by atoms with van der Waals surface area (Å²) in [6, 6.07) is 12.6. The molecular weight excluding hydrogens is 280 g/mol. The lowest BCUT2D eigenvalue weighted by Crippen LogP contribution is -2.27. The number of carbonyl (C=O) groups excluding carboxylic acids is 1. The highest BCUT2D eigenvalue weighted by Crippen LogP contribution is 2.37. The predicted octanol–water partition coefficient (Wildman–Crippen LogP) is 2.79. The van der Waals surface area contributed by atoms with Crippen LogP contribution in [0.4, 0.5) is 5.69 Å². The molecule has 0 bridgehead atoms. The highest BCUT2D eigenvalue weighted by molar-refractivity contribution is 7.16. The fraction of sp³-hybridized carbons (Fsp3) is 0.214. The number of fused-ring (bicyclic) bond motifs is 1. The molecule has 0 aliphatic carbocycles. The molecule has 2 heterocycles. The number of nitrogens with two attached hydrogens (primary N) is 1. The van der Waals surface area contributed by atoms with Crippen molar-refractivity contribution in [2.24, 2.45) is 5.73 Å². The van der Waals surface area contributed by atoms with Crippen molar-refractivity contribution in [3.8, 4) is 0 Å². The summed E-state index contributed by atoms with van der Waals surface area (Å²) in [6.45, 7) is 1.37. The van der Waals surface area contributed by atoms with Crippen LogP contribution in [0.1, 0.15) is 16.4 Å². The van der Waals surface area contributed by atoms with E-state index in [1.807, 2.05) is 30.3 Å². The summed E-state index contributed by atoms with van der Waals surface area (Å²) in [6.07, 6.45) is 0. The molecule has 0 spiro atoms. The number of primary amides is 1. The first-order valence-corrected chi connectivity index (χ1v) is 7.13. The minimum Gasteiger partial charge on any atom is -0.369 e. The summed E-state index contributed by atoms with van der Waals surface area (Å²) in [5.74, 6) is -0.532. The summed E-state index contributed by atoms with van der Waals surface area (Å²) in [4.78, 5) is 14.9. The lowest BCUT2D eigenvalue weighted by Gasteiger charge is -2.18. The van der Waals surface area contributed by atoms with Gasteiger partial charge in [0.2, 0.25) is 5.91 Å². The molecule has 1 amide bonds. The number of rotatable bonds is 3. The second-order valence-corrected chi connectivity index (χ2v) is 6.33. The van der Waals surface area contributed by atoms with Crippen LogP contribution in [-0.2, 0) is 11.3 Å². The maximum atomic E-state index is 11.5. The van der Waals surface area contributed by atoms with E-state index >= 15 is 0 Å². The molecule has 97 valence electrons. The van der Waals surface area contributed by atoms with Gasteiger partial charge in [-0.05, 0) is 35.9 Å². The van der Waals surface area contributed by atoms with Gasteiger partial charge in [-0.3, -0.25) is 4.79 Å². The predicted molar refractivity (Wildman–Crippen MR) is 77.6 cm³/mol. The van der Waals surface area contributed by atoms with Crippen molar-refractivity contribution in [1.29, 1.82) is 0 Å². The number of hydrogen-bond donors (Lipinski definition) is 1. The van der Waals surface area contributed by atoms with Crippen molar-refractivity contribution in [1.82, 2.24) is 0 Å². The van der Waals surface area contributed by atoms with Gasteiger partial charge in [-0.25, -0.2) is 0 Å². The Bertz CT molecular complexity index is 625. The largest absolute Gasteiger partial charge is 0.369 e. The van der Waals surface area contributed by atoms with E-state index in [-0.39, 0.29) is 11.8 Å². The third-order valence-corrected chi connectivity index (χ3v) is 4.53. The maximum absolute atomic E-state index is 11.5. The Balaban J connectivity index is 1.90. The van der Waals surface area contributed by atoms with Gasteiger partial charge in [0, 0.05) is 17.1 Å². The van der Waals surface area contributed by atoms with Gasteiger partial charge in [0.1, 0.15) is 0 Å². The van der Waals surface area contributed by atoms with Crippen LogP contribution in [0, 0.1) is 6.07 Å². The zero-order chi connectivity index (χ0) is 13.4. The Kier molecular flexibility index (Phi) is 3.21. The Morgan fingerprint density at radius 3 is 3.05 bits per heavy atom. The number of carbonyl (C=O) groups is 1. The van der Waals surface area contributed by atoms with Crippen LogP contribution >= 0.6 is 22.9 Å². The minimum atomic E-state index is -0.285. The molecule has 2 aromatic rings. The van der Waals surface area contributed by atoms with Crippen LogP contribution in [-0.4, -0.2) is 12.5 Å². The molecule has 1 aliphatic rings. The maximum Gasteiger partial charge on any atom is 0.226 e. The van der Waals surface area contributed by atoms with E-state index in [0.29, 0.717) is 6.54 Å². The summed E-state index contributed by atoms with van der Waals surface area (Å²) in [7, 11) is 0. The number of nitrogens with zero attached hydrogens (tertiary/aromatic N) is 1. The van der Waals surface area contributed by atoms with Gasteiger partial charge in [-0.15, -0.1) is 11.3 Å². The van der Waals surface area contributed by atoms with Crippen LogP contribution in [0.25, 0.3) is 0 Å². The fourth-order valence-electron chi connectivity index (χ4n) is 2.44. The number of hydrogen-bond acceptors (Lipinski definition) is 3. The molecule has 0 saturated heterocycles. The van der Waals surface area contributed by atoms with Crippen molar-refractivity contribution >= 4 is 34.5 Å². The van der Waals surface area contributed by atoms with Gasteiger partial charge in [0.25, 0.3) is 0 Å². The first-order chi connectivity index (χ1) is 9.15. The van der Waals surface area contributed by atoms with E-state index in [1.165, 1.54) is 4.88 Å². The standard InChI is InChI=1S/C14H12ClN2OS/c15-13-6-5-9(19-13)7-17-8-11(14(16)18)10-3-1-2-4-12(10)17/h2-6,11H,7-8H2,(H2,16,18). The first-order valence-electron chi connectivity index (χ1n) is 5.93. The van der Waals surface area contributed by atoms with Gasteiger partial charge in [0.05, 0.1) is 16.8 Å². The van der Waals surface area contributed by atoms with Gasteiger partial charge in [0.15, 0.2) is 0 Å². The van der Waals surface area contributed by atoms with Gasteiger partial charge in [-0.1, -0.05) is 17.7 Å². The number of thiophene rings is 1. The molecule has 3 rings (SSSR count). The zero-order valence-electron chi connectivity index (χ0n) is 10.1. The molecule has 2 N–H and O–H groups in total. The molecule has 1 atom stereocenters. The summed E-state index contributed by atoms with van der Waals surface area (Å²) in [5, 5.41) is 0. The number of benzene rings is 1. The lowest BCUT2D eigenvalue weighted by atomic mass is 10.0. The quantitative estimate of drug-likeness (QED) is 0.945. The van der Waals surface area contributed by atoms with E-state index < -0.39 is 0 Å². The fourth-order valence-corrected chi connectivity index (χ4v) is 3.54. The van der Waals surface area contributed by atoms with E-state index in [9.17, 15) is 4.79 Å². The SMILES string of the molecule is NC(=O)C1CN(Cc2ccc(Cl)s2)c2cc[c]cc21. The first kappa shape index (κ1) is 12.5. The Morgan fingerprint density at radius 1 is 1.53 bits per heavy atom. The number of halogens is 1. The van der Waals surface area contributed by atoms with Crippen LogP contribution in [0.3, 0.4) is 0 Å². The smallest absolute Gasteiger partial charge is 0.226 e. The van der Waals surface area contributed by atoms with Crippen molar-refractivity contribution < 1.29 is 4.79 Å². The van der Waals surface area contributed by atoms with Crippen molar-refractivity contribution in [2.75, 3.05) is 11.4 Å². The van der Waals surface area contributed by atoms with Gasteiger partial charge in [-0.2, -0.15) is 0 Å². The normalized spacial score (nSPS) is 17.5. The number of anilines is 1. The summed E-state index contributed by atoms with van der Waals surface area (Å²) in [5.41, 5.74) is 7.51. The average molecular weight is 292 g/mol. The third-order valence-electron chi connectivity index (χ3n) is 3.31. The van der Waals surface area contributed by atoms with Crippen molar-refractivity contribution in [3.05, 3.63) is 51.2 Å². The monoisotopic (exact) mass is 291 g/mol. The Hall–Kier alpha value is -1.52. The highest BCUT2D eigenvalue weighted by atomic mass is 35.5. The van der Waals surface area contributed by atoms with E-state index in [1.54, 1.807) is 11.3 Å². The molecule has 0 saturated carbocycles. The molecule has 1 unspecified atom stereocenters. The van der Waals surface area contributed by atoms with Gasteiger partial charge >= 0.3 is 0 Å². The third kappa shape index (κ3) is 2.33. The second kappa shape index (κ2) is 4.87. The van der Waals surface area contributed by atoms with Gasteiger partial charge < -0.3 is 10.6 Å². The van der Waals surface area contributed by atoms with Crippen LogP contribution < -0.4 is 10.6 Å². The summed E-state index contributed by atoms with van der Waals surface area (Å²) < 4.78 is 0.780. The average Bonchev–Trinajstić information content (AvgIpc) is 2.95. The van der Waals surface area contributed by atoms with Crippen LogP contribution in [0.5, 0.6) is 0 Å². The second-order valence-electron chi connectivity index (χ2n) is 4.53. The minimum absolute atomic E-state index is 0.247. The molecule has 0 fully saturated rings. The van der Waals surface area contributed by atoms with Crippen LogP contribution in [0.15, 0.2) is 30.3 Å². The molecular formula is C14H12ClN2OS. The Morgan fingerprint density at radius 2 is 2.37 bits per heavy atom. The highest BCUT2D eigenvalue weighted by Gasteiger charge is 2.32. The molecule has 1 aliphatic heterocycles. The molecule has 19 heavy (non-hydrogen) atoms. The molecule has 3 nitrogen and oxygen atoms in total. The topological polar surface area (TPSA) is 46.3 Å². The summed E-state index contributed by atoms with van der Waals surface area (Å²) >= 11 is 7.50. The Labute approximate surface area is 120 Å². The van der Waals surface area contributed by atoms with E-state index in [0.717, 1.165) is 22.1 Å². The van der Waals surface area contributed by atoms with Crippen molar-refractivity contribution in [2.45, 2.75) is 12.5 Å². The van der Waals surface area contributed by atoms with Crippen LogP contribution in [0.2, 0.25) is 4.34 Å². The molecule has 5 heteroatoms. The van der Waals surface area contributed by atoms with E-state index in [2.05, 4.69) is 11.0 Å². The molecule has 1 aromatic heterocycles. The van der Waals surface area contributed by atoms with Crippen molar-refractivity contribution in [3.63, 3.8) is 0 Å². The van der Waals surface area contributed by atoms with E-state index in [4.69, 9.17) is 17.3 Å².